The Balaban J connectivity index is 1.58. The van der Waals surface area contributed by atoms with Gasteiger partial charge in [-0.25, -0.2) is 21.2 Å². The molecular weight excluding hydrogens is 636 g/mol. The maximum Gasteiger partial charge on any atom is 0.275 e. The van der Waals surface area contributed by atoms with Crippen molar-refractivity contribution in [3.05, 3.63) is 134 Å². The molecule has 7 rings (SSSR count). The van der Waals surface area contributed by atoms with Crippen molar-refractivity contribution in [2.75, 3.05) is 0 Å². The molecule has 3 aromatic carbocycles. The van der Waals surface area contributed by atoms with E-state index in [1.165, 1.54) is 42.1 Å². The molecule has 1 aliphatic carbocycles. The number of hydrogen-bond acceptors (Lipinski definition) is 5. The quantitative estimate of drug-likeness (QED) is 0.177. The van der Waals surface area contributed by atoms with Crippen LogP contribution in [0.15, 0.2) is 99.7 Å². The molecule has 0 spiro atoms. The first kappa shape index (κ1) is 31.3. The largest absolute Gasteiger partial charge is 0.455 e. The Kier molecular flexibility index (Phi) is 7.47. The minimum absolute atomic E-state index is 0.0285. The van der Waals surface area contributed by atoms with E-state index in [0.717, 1.165) is 45.6 Å². The molecule has 0 radical (unpaired) electrons. The van der Waals surface area contributed by atoms with E-state index in [9.17, 15) is 22.4 Å². The molecule has 8 nitrogen and oxygen atoms in total. The van der Waals surface area contributed by atoms with Gasteiger partial charge in [-0.05, 0) is 75.1 Å². The van der Waals surface area contributed by atoms with Crippen molar-refractivity contribution < 1.29 is 21.9 Å². The second-order valence-corrected chi connectivity index (χ2v) is 14.1. The van der Waals surface area contributed by atoms with Crippen molar-refractivity contribution >= 4 is 20.9 Å². The van der Waals surface area contributed by atoms with Crippen molar-refractivity contribution in [2.24, 2.45) is 7.05 Å². The van der Waals surface area contributed by atoms with Crippen LogP contribution in [0.3, 0.4) is 0 Å². The molecule has 3 aromatic heterocycles. The molecule has 0 aliphatic heterocycles. The molecule has 3 heterocycles. The van der Waals surface area contributed by atoms with Crippen molar-refractivity contribution in [2.45, 2.75) is 44.6 Å². The molecule has 0 unspecified atom stereocenters. The Bertz CT molecular complexity index is 2490. The van der Waals surface area contributed by atoms with Gasteiger partial charge in [-0.15, -0.1) is 0 Å². The van der Waals surface area contributed by atoms with E-state index < -0.39 is 27.2 Å². The van der Waals surface area contributed by atoms with Crippen molar-refractivity contribution in [1.82, 2.24) is 13.1 Å². The number of aromatic nitrogens is 3. The fraction of sp³-hybridized carbons (Fsp3) is 0.189. The van der Waals surface area contributed by atoms with Crippen molar-refractivity contribution in [3.8, 4) is 33.9 Å². The predicted octanol–water partition coefficient (Wildman–Crippen LogP) is 7.40. The molecule has 1 saturated carbocycles. The van der Waals surface area contributed by atoms with E-state index in [1.807, 2.05) is 32.0 Å². The molecule has 11 heteroatoms. The molecule has 1 aliphatic rings. The number of fused-ring (bicyclic) bond motifs is 1. The second kappa shape index (κ2) is 11.4. The smallest absolute Gasteiger partial charge is 0.275 e. The van der Waals surface area contributed by atoms with Crippen LogP contribution in [-0.4, -0.2) is 21.5 Å². The van der Waals surface area contributed by atoms with Gasteiger partial charge in [0.1, 0.15) is 22.9 Å². The lowest BCUT2D eigenvalue weighted by Crippen LogP contribution is -2.23. The van der Waals surface area contributed by atoms with Crippen LogP contribution < -0.4 is 15.9 Å². The van der Waals surface area contributed by atoms with Crippen LogP contribution in [0.25, 0.3) is 33.3 Å². The third-order valence-corrected chi connectivity index (χ3v) is 10.5. The third kappa shape index (κ3) is 5.24. The summed E-state index contributed by atoms with van der Waals surface area (Å²) in [7, 11) is -3.06. The molecule has 0 atom stereocenters. The van der Waals surface area contributed by atoms with E-state index in [1.54, 1.807) is 29.8 Å². The summed E-state index contributed by atoms with van der Waals surface area (Å²) < 4.78 is 68.5. The molecule has 244 valence electrons. The van der Waals surface area contributed by atoms with Crippen molar-refractivity contribution in [1.29, 1.82) is 0 Å². The summed E-state index contributed by atoms with van der Waals surface area (Å²) in [6, 6.07) is 17.4. The second-order valence-electron chi connectivity index (χ2n) is 12.3. The fourth-order valence-corrected chi connectivity index (χ4v) is 7.60. The van der Waals surface area contributed by atoms with Crippen LogP contribution in [0.5, 0.6) is 11.5 Å². The van der Waals surface area contributed by atoms with Crippen LogP contribution in [-0.2, 0) is 17.1 Å². The summed E-state index contributed by atoms with van der Waals surface area (Å²) in [6.45, 7) is 5.61. The van der Waals surface area contributed by atoms with Gasteiger partial charge in [-0.1, -0.05) is 35.9 Å². The van der Waals surface area contributed by atoms with E-state index in [-0.39, 0.29) is 38.7 Å². The number of hydrogen-bond donors (Lipinski definition) is 0. The molecule has 1 fully saturated rings. The molecule has 0 saturated heterocycles. The van der Waals surface area contributed by atoms with E-state index >= 15 is 4.39 Å². The number of nitrogens with zero attached hydrogens (tertiary/aromatic N) is 3. The number of rotatable bonds is 7. The van der Waals surface area contributed by atoms with E-state index in [0.29, 0.717) is 28.7 Å². The minimum Gasteiger partial charge on any atom is -0.455 e. The Labute approximate surface area is 275 Å². The predicted molar refractivity (Wildman–Crippen MR) is 180 cm³/mol. The standard InChI is InChI=1S/C37H31F2N3O5S/c1-21-8-13-26(14-9-21)48(45,46)42-32(27-15-10-24(38)16-31(27)39)17-29-30(19-40(4)37(44)35(29)42)28-18-34(43)41(25-11-12-25)20-33(28)47-36-22(2)6-5-7-23(36)3/h5-10,13-20,25H,11-12H2,1-4H3. The van der Waals surface area contributed by atoms with Gasteiger partial charge in [0, 0.05) is 53.5 Å². The van der Waals surface area contributed by atoms with Gasteiger partial charge >= 0.3 is 0 Å². The number of pyridine rings is 2. The highest BCUT2D eigenvalue weighted by Gasteiger charge is 2.31. The summed E-state index contributed by atoms with van der Waals surface area (Å²) in [5, 5.41) is 0.141. The highest BCUT2D eigenvalue weighted by atomic mass is 32.2. The van der Waals surface area contributed by atoms with Gasteiger partial charge in [0.05, 0.1) is 16.8 Å². The SMILES string of the molecule is Cc1ccc(S(=O)(=O)n2c(-c3ccc(F)cc3F)cc3c(-c4cc(=O)n(C5CC5)cc4Oc4c(C)cccc4C)cn(C)c(=O)c32)cc1. The monoisotopic (exact) mass is 667 g/mol. The van der Waals surface area contributed by atoms with Gasteiger partial charge in [0.25, 0.3) is 21.1 Å². The maximum atomic E-state index is 15.5. The van der Waals surface area contributed by atoms with Gasteiger partial charge in [-0.3, -0.25) is 9.59 Å². The zero-order valence-electron chi connectivity index (χ0n) is 26.6. The lowest BCUT2D eigenvalue weighted by atomic mass is 10.0. The molecule has 6 aromatic rings. The highest BCUT2D eigenvalue weighted by molar-refractivity contribution is 7.90. The van der Waals surface area contributed by atoms with E-state index in [4.69, 9.17) is 4.74 Å². The topological polar surface area (TPSA) is 92.3 Å². The van der Waals surface area contributed by atoms with Crippen LogP contribution in [0.1, 0.15) is 35.6 Å². The minimum atomic E-state index is -4.52. The van der Waals surface area contributed by atoms with Crippen LogP contribution in [0.4, 0.5) is 8.78 Å². The first-order valence-electron chi connectivity index (χ1n) is 15.4. The highest BCUT2D eigenvalue weighted by Crippen LogP contribution is 2.42. The number of benzene rings is 3. The Morgan fingerprint density at radius 3 is 2.15 bits per heavy atom. The number of aryl methyl sites for hydroxylation is 4. The van der Waals surface area contributed by atoms with Crippen LogP contribution >= 0.6 is 0 Å². The first-order chi connectivity index (χ1) is 22.8. The average Bonchev–Trinajstić information content (AvgIpc) is 3.80. The zero-order valence-corrected chi connectivity index (χ0v) is 27.4. The maximum absolute atomic E-state index is 15.5. The molecule has 48 heavy (non-hydrogen) atoms. The summed E-state index contributed by atoms with van der Waals surface area (Å²) >= 11 is 0. The fourth-order valence-electron chi connectivity index (χ4n) is 6.08. The third-order valence-electron chi connectivity index (χ3n) is 8.76. The van der Waals surface area contributed by atoms with E-state index in [2.05, 4.69) is 0 Å². The Hall–Kier alpha value is -5.29. The van der Waals surface area contributed by atoms with Gasteiger partial charge < -0.3 is 13.9 Å². The van der Waals surface area contributed by atoms with Crippen LogP contribution in [0, 0.1) is 32.4 Å². The Morgan fingerprint density at radius 1 is 0.812 bits per heavy atom. The van der Waals surface area contributed by atoms with Crippen LogP contribution in [0.2, 0.25) is 0 Å². The Morgan fingerprint density at radius 2 is 1.50 bits per heavy atom. The summed E-state index contributed by atoms with van der Waals surface area (Å²) in [6.07, 6.45) is 4.85. The summed E-state index contributed by atoms with van der Waals surface area (Å²) in [5.41, 5.74) is 1.52. The number of para-hydroxylation sites is 1. The summed E-state index contributed by atoms with van der Waals surface area (Å²) in [4.78, 5) is 27.3. The molecule has 0 bridgehead atoms. The summed E-state index contributed by atoms with van der Waals surface area (Å²) in [5.74, 6) is -0.944. The van der Waals surface area contributed by atoms with Crippen molar-refractivity contribution in [3.63, 3.8) is 0 Å². The lowest BCUT2D eigenvalue weighted by molar-refractivity contribution is 0.467. The number of ether oxygens (including phenoxy) is 1. The number of halogens is 2. The average molecular weight is 668 g/mol. The molecule has 0 N–H and O–H groups in total. The zero-order chi connectivity index (χ0) is 34.1. The first-order valence-corrected chi connectivity index (χ1v) is 16.8. The van der Waals surface area contributed by atoms with Gasteiger partial charge in [0.2, 0.25) is 0 Å². The normalized spacial score (nSPS) is 13.3. The van der Waals surface area contributed by atoms with Gasteiger partial charge in [0.15, 0.2) is 5.75 Å². The lowest BCUT2D eigenvalue weighted by Gasteiger charge is -2.18. The molecule has 0 amide bonds. The van der Waals surface area contributed by atoms with Gasteiger partial charge in [-0.2, -0.15) is 0 Å². The molecular formula is C37H31F2N3O5S.